The van der Waals surface area contributed by atoms with Crippen molar-refractivity contribution in [3.05, 3.63) is 12.2 Å². The molecule has 2 aliphatic rings. The molecule has 0 unspecified atom stereocenters. The molecule has 1 heterocycles. The van der Waals surface area contributed by atoms with Crippen LogP contribution in [0.25, 0.3) is 0 Å². The summed E-state index contributed by atoms with van der Waals surface area (Å²) in [6.07, 6.45) is 8.29. The van der Waals surface area contributed by atoms with Gasteiger partial charge in [-0.2, -0.15) is 0 Å². The highest BCUT2D eigenvalue weighted by Gasteiger charge is 2.39. The summed E-state index contributed by atoms with van der Waals surface area (Å²) < 4.78 is 18.3. The van der Waals surface area contributed by atoms with Crippen LogP contribution in [0.4, 0.5) is 0 Å². The van der Waals surface area contributed by atoms with Crippen LogP contribution in [-0.2, 0) is 13.9 Å². The number of allylic oxidation sites excluding steroid dienone is 2. The van der Waals surface area contributed by atoms with E-state index in [2.05, 4.69) is 46.0 Å². The van der Waals surface area contributed by atoms with Gasteiger partial charge >= 0.3 is 0 Å². The summed E-state index contributed by atoms with van der Waals surface area (Å²) in [6.45, 7) is 14.5. The van der Waals surface area contributed by atoms with E-state index in [1.807, 2.05) is 0 Å². The van der Waals surface area contributed by atoms with E-state index in [0.29, 0.717) is 25.0 Å². The van der Waals surface area contributed by atoms with Crippen LogP contribution in [0.15, 0.2) is 12.2 Å². The first kappa shape index (κ1) is 18.2. The summed E-state index contributed by atoms with van der Waals surface area (Å²) in [5.41, 5.74) is 0. The maximum Gasteiger partial charge on any atom is 0.192 e. The maximum absolute atomic E-state index is 6.47. The highest BCUT2D eigenvalue weighted by molar-refractivity contribution is 6.74. The first-order valence-electron chi connectivity index (χ1n) is 8.79. The third kappa shape index (κ3) is 4.67. The number of hydrogen-bond acceptors (Lipinski definition) is 3. The SMILES string of the molecule is CC(C)(C)[Si](C)(C)OC[C@@H]1OCCOCC[C@@H]2CC=CC[C@H]21. The molecular weight excluding hydrogens is 292 g/mol. The van der Waals surface area contributed by atoms with E-state index < -0.39 is 8.32 Å². The van der Waals surface area contributed by atoms with Gasteiger partial charge in [-0.1, -0.05) is 32.9 Å². The topological polar surface area (TPSA) is 27.7 Å². The Balaban J connectivity index is 2.03. The van der Waals surface area contributed by atoms with Gasteiger partial charge in [-0.25, -0.2) is 0 Å². The summed E-state index contributed by atoms with van der Waals surface area (Å²) in [7, 11) is -1.72. The molecule has 0 N–H and O–H groups in total. The van der Waals surface area contributed by atoms with Crippen LogP contribution in [-0.4, -0.2) is 40.8 Å². The molecule has 3 atom stereocenters. The highest BCUT2D eigenvalue weighted by atomic mass is 28.4. The van der Waals surface area contributed by atoms with Gasteiger partial charge in [-0.15, -0.1) is 0 Å². The second-order valence-electron chi connectivity index (χ2n) is 8.25. The van der Waals surface area contributed by atoms with Gasteiger partial charge in [0, 0.05) is 6.61 Å². The second-order valence-corrected chi connectivity index (χ2v) is 13.1. The van der Waals surface area contributed by atoms with Crippen molar-refractivity contribution in [3.8, 4) is 0 Å². The standard InChI is InChI=1S/C18H34O3Si/c1-18(2,3)22(4,5)21-14-17-16-9-7-6-8-15(16)10-11-19-12-13-20-17/h6-7,15-17H,8-14H2,1-5H3/t15-,16+,17-/m0/s1. The smallest absolute Gasteiger partial charge is 0.192 e. The van der Waals surface area contributed by atoms with Gasteiger partial charge < -0.3 is 13.9 Å². The molecule has 128 valence electrons. The Morgan fingerprint density at radius 3 is 2.55 bits per heavy atom. The van der Waals surface area contributed by atoms with Crippen LogP contribution in [0.2, 0.25) is 18.1 Å². The van der Waals surface area contributed by atoms with Gasteiger partial charge in [0.15, 0.2) is 8.32 Å². The molecule has 1 aliphatic carbocycles. The fourth-order valence-corrected chi connectivity index (χ4v) is 4.09. The first-order chi connectivity index (χ1) is 10.3. The van der Waals surface area contributed by atoms with Gasteiger partial charge in [0.1, 0.15) is 0 Å². The van der Waals surface area contributed by atoms with Crippen molar-refractivity contribution >= 4 is 8.32 Å². The zero-order chi connectivity index (χ0) is 16.2. The van der Waals surface area contributed by atoms with E-state index in [4.69, 9.17) is 13.9 Å². The molecule has 1 aliphatic heterocycles. The fourth-order valence-electron chi connectivity index (χ4n) is 3.08. The monoisotopic (exact) mass is 326 g/mol. The molecule has 0 aromatic heterocycles. The Morgan fingerprint density at radius 2 is 1.82 bits per heavy atom. The number of hydrogen-bond donors (Lipinski definition) is 0. The van der Waals surface area contributed by atoms with E-state index in [-0.39, 0.29) is 11.1 Å². The van der Waals surface area contributed by atoms with Gasteiger partial charge in [0.25, 0.3) is 0 Å². The summed E-state index contributed by atoms with van der Waals surface area (Å²) in [4.78, 5) is 0. The lowest BCUT2D eigenvalue weighted by molar-refractivity contribution is -0.0424. The number of fused-ring (bicyclic) bond motifs is 1. The second kappa shape index (κ2) is 7.60. The van der Waals surface area contributed by atoms with Gasteiger partial charge in [0.2, 0.25) is 0 Å². The largest absolute Gasteiger partial charge is 0.414 e. The molecule has 1 fully saturated rings. The van der Waals surface area contributed by atoms with E-state index in [0.717, 1.165) is 32.5 Å². The lowest BCUT2D eigenvalue weighted by Crippen LogP contribution is -2.45. The minimum absolute atomic E-state index is 0.214. The quantitative estimate of drug-likeness (QED) is 0.568. The number of rotatable bonds is 3. The van der Waals surface area contributed by atoms with Crippen LogP contribution in [0, 0.1) is 11.8 Å². The Bertz CT molecular complexity index is 373. The van der Waals surface area contributed by atoms with Gasteiger partial charge in [-0.3, -0.25) is 0 Å². The van der Waals surface area contributed by atoms with Crippen molar-refractivity contribution in [2.24, 2.45) is 11.8 Å². The molecule has 0 aromatic carbocycles. The lowest BCUT2D eigenvalue weighted by Gasteiger charge is -2.40. The van der Waals surface area contributed by atoms with Crippen LogP contribution < -0.4 is 0 Å². The molecule has 4 heteroatoms. The highest BCUT2D eigenvalue weighted by Crippen LogP contribution is 2.38. The molecule has 2 rings (SSSR count). The van der Waals surface area contributed by atoms with E-state index in [9.17, 15) is 0 Å². The van der Waals surface area contributed by atoms with Crippen molar-refractivity contribution < 1.29 is 13.9 Å². The van der Waals surface area contributed by atoms with Crippen LogP contribution in [0.3, 0.4) is 0 Å². The molecule has 0 radical (unpaired) electrons. The van der Waals surface area contributed by atoms with Crippen molar-refractivity contribution in [2.75, 3.05) is 26.4 Å². The first-order valence-corrected chi connectivity index (χ1v) is 11.7. The molecular formula is C18H34O3Si. The van der Waals surface area contributed by atoms with E-state index in [1.54, 1.807) is 0 Å². The molecule has 0 bridgehead atoms. The number of ether oxygens (including phenoxy) is 2. The average Bonchev–Trinajstić information content (AvgIpc) is 2.54. The Hall–Kier alpha value is -0.163. The third-order valence-electron chi connectivity index (χ3n) is 5.70. The molecule has 3 nitrogen and oxygen atoms in total. The Labute approximate surface area is 137 Å². The molecule has 1 saturated heterocycles. The normalized spacial score (nSPS) is 31.0. The summed E-state index contributed by atoms with van der Waals surface area (Å²) in [6, 6.07) is 0. The molecule has 0 saturated carbocycles. The molecule has 0 spiro atoms. The maximum atomic E-state index is 6.47. The summed E-state index contributed by atoms with van der Waals surface area (Å²) in [5.74, 6) is 1.26. The van der Waals surface area contributed by atoms with E-state index in [1.165, 1.54) is 0 Å². The van der Waals surface area contributed by atoms with Crippen molar-refractivity contribution in [3.63, 3.8) is 0 Å². The fraction of sp³-hybridized carbons (Fsp3) is 0.889. The van der Waals surface area contributed by atoms with Crippen molar-refractivity contribution in [1.82, 2.24) is 0 Å². The molecule has 0 aromatic rings. The minimum atomic E-state index is -1.72. The van der Waals surface area contributed by atoms with E-state index >= 15 is 0 Å². The third-order valence-corrected chi connectivity index (χ3v) is 10.2. The predicted octanol–water partition coefficient (Wildman–Crippen LogP) is 4.40. The summed E-state index contributed by atoms with van der Waals surface area (Å²) in [5, 5.41) is 0.250. The lowest BCUT2D eigenvalue weighted by atomic mass is 9.78. The zero-order valence-electron chi connectivity index (χ0n) is 15.1. The van der Waals surface area contributed by atoms with Crippen molar-refractivity contribution in [2.45, 2.75) is 64.3 Å². The van der Waals surface area contributed by atoms with Gasteiger partial charge in [0.05, 0.1) is 25.9 Å². The zero-order valence-corrected chi connectivity index (χ0v) is 16.1. The van der Waals surface area contributed by atoms with Crippen molar-refractivity contribution in [1.29, 1.82) is 0 Å². The molecule has 0 amide bonds. The minimum Gasteiger partial charge on any atom is -0.414 e. The predicted molar refractivity (Wildman–Crippen MR) is 93.7 cm³/mol. The van der Waals surface area contributed by atoms with Crippen LogP contribution in [0.1, 0.15) is 40.0 Å². The Kier molecular flexibility index (Phi) is 6.28. The molecule has 22 heavy (non-hydrogen) atoms. The van der Waals surface area contributed by atoms with Crippen LogP contribution in [0.5, 0.6) is 0 Å². The Morgan fingerprint density at radius 1 is 1.09 bits per heavy atom. The average molecular weight is 327 g/mol. The van der Waals surface area contributed by atoms with Gasteiger partial charge in [-0.05, 0) is 49.2 Å². The van der Waals surface area contributed by atoms with Crippen LogP contribution >= 0.6 is 0 Å². The summed E-state index contributed by atoms with van der Waals surface area (Å²) >= 11 is 0.